The topological polar surface area (TPSA) is 61.4 Å². The van der Waals surface area contributed by atoms with Crippen molar-refractivity contribution < 1.29 is 9.90 Å². The van der Waals surface area contributed by atoms with Crippen molar-refractivity contribution in [2.45, 2.75) is 26.9 Å². The number of aliphatic hydroxyl groups is 1. The van der Waals surface area contributed by atoms with Gasteiger partial charge in [0, 0.05) is 12.2 Å². The highest BCUT2D eigenvalue weighted by molar-refractivity contribution is 5.90. The van der Waals surface area contributed by atoms with E-state index in [2.05, 4.69) is 10.6 Å². The van der Waals surface area contributed by atoms with Crippen LogP contribution in [0.15, 0.2) is 42.5 Å². The Bertz CT molecular complexity index is 668. The Kier molecular flexibility index (Phi) is 5.17. The van der Waals surface area contributed by atoms with Crippen LogP contribution in [0.25, 0.3) is 0 Å². The minimum absolute atomic E-state index is 0.168. The summed E-state index contributed by atoms with van der Waals surface area (Å²) in [5, 5.41) is 15.7. The summed E-state index contributed by atoms with van der Waals surface area (Å²) in [6, 6.07) is 13.0. The van der Waals surface area contributed by atoms with E-state index in [0.29, 0.717) is 0 Å². The predicted molar refractivity (Wildman–Crippen MR) is 89.1 cm³/mol. The molecule has 2 aromatic carbocycles. The maximum atomic E-state index is 12.0. The van der Waals surface area contributed by atoms with Gasteiger partial charge in [0.1, 0.15) is 0 Å². The third kappa shape index (κ3) is 3.86. The standard InChI is InChI=1S/C18H22N2O2/c1-12-8-6-10-16(14(12)3)20-18(22)19-11-17(21)15-9-5-4-7-13(15)2/h4-10,17,21H,11H2,1-3H3,(H2,19,20,22). The van der Waals surface area contributed by atoms with Gasteiger partial charge < -0.3 is 15.7 Å². The second-order valence-corrected chi connectivity index (χ2v) is 5.45. The fourth-order valence-electron chi connectivity index (χ4n) is 2.31. The number of rotatable bonds is 4. The van der Waals surface area contributed by atoms with Crippen LogP contribution in [0.5, 0.6) is 0 Å². The van der Waals surface area contributed by atoms with Crippen molar-refractivity contribution >= 4 is 11.7 Å². The highest BCUT2D eigenvalue weighted by atomic mass is 16.3. The summed E-state index contributed by atoms with van der Waals surface area (Å²) in [4.78, 5) is 12.0. The molecule has 0 aromatic heterocycles. The minimum Gasteiger partial charge on any atom is -0.387 e. The predicted octanol–water partition coefficient (Wildman–Crippen LogP) is 3.47. The number of aliphatic hydroxyl groups excluding tert-OH is 1. The lowest BCUT2D eigenvalue weighted by Gasteiger charge is -2.16. The van der Waals surface area contributed by atoms with Gasteiger partial charge in [-0.15, -0.1) is 0 Å². The number of nitrogens with one attached hydrogen (secondary N) is 2. The molecule has 22 heavy (non-hydrogen) atoms. The first-order valence-corrected chi connectivity index (χ1v) is 7.33. The maximum absolute atomic E-state index is 12.0. The van der Waals surface area contributed by atoms with Gasteiger partial charge in [0.2, 0.25) is 0 Å². The lowest BCUT2D eigenvalue weighted by molar-refractivity contribution is 0.174. The second kappa shape index (κ2) is 7.09. The molecular formula is C18H22N2O2. The molecule has 0 saturated heterocycles. The van der Waals surface area contributed by atoms with Crippen LogP contribution in [-0.4, -0.2) is 17.7 Å². The number of hydrogen-bond acceptors (Lipinski definition) is 2. The average Bonchev–Trinajstić information content (AvgIpc) is 2.50. The molecule has 1 unspecified atom stereocenters. The minimum atomic E-state index is -0.717. The maximum Gasteiger partial charge on any atom is 0.319 e. The Labute approximate surface area is 131 Å². The first-order valence-electron chi connectivity index (χ1n) is 7.33. The zero-order valence-corrected chi connectivity index (χ0v) is 13.2. The van der Waals surface area contributed by atoms with Crippen molar-refractivity contribution in [1.82, 2.24) is 5.32 Å². The summed E-state index contributed by atoms with van der Waals surface area (Å²) in [6.45, 7) is 6.07. The fraction of sp³-hybridized carbons (Fsp3) is 0.278. The number of carbonyl (C=O) groups excluding carboxylic acids is 1. The molecule has 2 aromatic rings. The van der Waals surface area contributed by atoms with E-state index in [1.165, 1.54) is 0 Å². The van der Waals surface area contributed by atoms with Crippen molar-refractivity contribution in [3.63, 3.8) is 0 Å². The third-order valence-electron chi connectivity index (χ3n) is 3.86. The zero-order chi connectivity index (χ0) is 16.1. The largest absolute Gasteiger partial charge is 0.387 e. The summed E-state index contributed by atoms with van der Waals surface area (Å²) in [5.41, 5.74) is 4.78. The van der Waals surface area contributed by atoms with Crippen molar-refractivity contribution in [1.29, 1.82) is 0 Å². The number of benzene rings is 2. The quantitative estimate of drug-likeness (QED) is 0.809. The van der Waals surface area contributed by atoms with Gasteiger partial charge in [-0.3, -0.25) is 0 Å². The van der Waals surface area contributed by atoms with E-state index in [1.54, 1.807) is 0 Å². The van der Waals surface area contributed by atoms with Crippen molar-refractivity contribution in [2.24, 2.45) is 0 Å². The molecule has 1 atom stereocenters. The molecule has 4 heteroatoms. The van der Waals surface area contributed by atoms with Crippen LogP contribution in [0.1, 0.15) is 28.4 Å². The number of amides is 2. The number of carbonyl (C=O) groups is 1. The molecule has 0 heterocycles. The number of urea groups is 1. The lowest BCUT2D eigenvalue weighted by atomic mass is 10.0. The Morgan fingerprint density at radius 2 is 1.73 bits per heavy atom. The summed E-state index contributed by atoms with van der Waals surface area (Å²) >= 11 is 0. The van der Waals surface area contributed by atoms with E-state index < -0.39 is 6.10 Å². The van der Waals surface area contributed by atoms with Gasteiger partial charge in [0.05, 0.1) is 6.10 Å². The lowest BCUT2D eigenvalue weighted by Crippen LogP contribution is -2.32. The molecule has 0 saturated carbocycles. The first-order chi connectivity index (χ1) is 10.5. The Balaban J connectivity index is 1.93. The summed E-state index contributed by atoms with van der Waals surface area (Å²) < 4.78 is 0. The molecule has 0 aliphatic carbocycles. The Hall–Kier alpha value is -2.33. The molecule has 116 valence electrons. The molecule has 2 amide bonds. The summed E-state index contributed by atoms with van der Waals surface area (Å²) in [6.07, 6.45) is -0.717. The molecule has 0 aliphatic heterocycles. The van der Waals surface area contributed by atoms with Gasteiger partial charge in [-0.1, -0.05) is 36.4 Å². The summed E-state index contributed by atoms with van der Waals surface area (Å²) in [7, 11) is 0. The molecule has 0 aliphatic rings. The van der Waals surface area contributed by atoms with Crippen molar-refractivity contribution in [3.05, 3.63) is 64.7 Å². The first kappa shape index (κ1) is 16.0. The number of hydrogen-bond donors (Lipinski definition) is 3. The normalized spacial score (nSPS) is 11.8. The molecule has 2 rings (SSSR count). The van der Waals surface area contributed by atoms with Crippen LogP contribution in [0.3, 0.4) is 0 Å². The van der Waals surface area contributed by atoms with Gasteiger partial charge in [-0.25, -0.2) is 4.79 Å². The highest BCUT2D eigenvalue weighted by Gasteiger charge is 2.12. The highest BCUT2D eigenvalue weighted by Crippen LogP contribution is 2.18. The van der Waals surface area contributed by atoms with Gasteiger partial charge in [-0.05, 0) is 49.1 Å². The van der Waals surface area contributed by atoms with Crippen LogP contribution < -0.4 is 10.6 Å². The average molecular weight is 298 g/mol. The third-order valence-corrected chi connectivity index (χ3v) is 3.86. The SMILES string of the molecule is Cc1ccccc1C(O)CNC(=O)Nc1cccc(C)c1C. The van der Waals surface area contributed by atoms with E-state index in [0.717, 1.165) is 27.9 Å². The molecule has 0 radical (unpaired) electrons. The molecule has 0 spiro atoms. The smallest absolute Gasteiger partial charge is 0.319 e. The Morgan fingerprint density at radius 3 is 2.45 bits per heavy atom. The van der Waals surface area contributed by atoms with Crippen LogP contribution in [-0.2, 0) is 0 Å². The fourth-order valence-corrected chi connectivity index (χ4v) is 2.31. The number of anilines is 1. The molecule has 4 nitrogen and oxygen atoms in total. The van der Waals surface area contributed by atoms with E-state index in [4.69, 9.17) is 0 Å². The van der Waals surface area contributed by atoms with Gasteiger partial charge in [-0.2, -0.15) is 0 Å². The van der Waals surface area contributed by atoms with E-state index in [9.17, 15) is 9.90 Å². The van der Waals surface area contributed by atoms with Crippen LogP contribution in [0.4, 0.5) is 10.5 Å². The van der Waals surface area contributed by atoms with Crippen LogP contribution >= 0.6 is 0 Å². The van der Waals surface area contributed by atoms with E-state index >= 15 is 0 Å². The molecule has 0 fully saturated rings. The molecule has 0 bridgehead atoms. The van der Waals surface area contributed by atoms with Gasteiger partial charge >= 0.3 is 6.03 Å². The molecular weight excluding hydrogens is 276 g/mol. The van der Waals surface area contributed by atoms with Crippen molar-refractivity contribution in [2.75, 3.05) is 11.9 Å². The second-order valence-electron chi connectivity index (χ2n) is 5.45. The van der Waals surface area contributed by atoms with Gasteiger partial charge in [0.25, 0.3) is 0 Å². The van der Waals surface area contributed by atoms with Crippen LogP contribution in [0.2, 0.25) is 0 Å². The van der Waals surface area contributed by atoms with Crippen molar-refractivity contribution in [3.8, 4) is 0 Å². The zero-order valence-electron chi connectivity index (χ0n) is 13.2. The molecule has 3 N–H and O–H groups in total. The van der Waals surface area contributed by atoms with E-state index in [1.807, 2.05) is 63.2 Å². The van der Waals surface area contributed by atoms with Gasteiger partial charge in [0.15, 0.2) is 0 Å². The monoisotopic (exact) mass is 298 g/mol. The van der Waals surface area contributed by atoms with Crippen LogP contribution in [0, 0.1) is 20.8 Å². The number of aryl methyl sites for hydroxylation is 2. The Morgan fingerprint density at radius 1 is 1.05 bits per heavy atom. The summed E-state index contributed by atoms with van der Waals surface area (Å²) in [5.74, 6) is 0. The van der Waals surface area contributed by atoms with E-state index in [-0.39, 0.29) is 12.6 Å².